The Morgan fingerprint density at radius 3 is 2.51 bits per heavy atom. The van der Waals surface area contributed by atoms with Crippen LogP contribution in [0.4, 0.5) is 35.6 Å². The number of hydrogen-bond donors (Lipinski definition) is 3. The molecule has 3 aromatic carbocycles. The van der Waals surface area contributed by atoms with E-state index in [0.717, 1.165) is 28.6 Å². The van der Waals surface area contributed by atoms with Gasteiger partial charge in [-0.1, -0.05) is 23.5 Å². The first-order valence-electron chi connectivity index (χ1n) is 12.8. The lowest BCUT2D eigenvalue weighted by molar-refractivity contribution is -0.105. The van der Waals surface area contributed by atoms with Crippen molar-refractivity contribution in [1.82, 2.24) is 15.0 Å². The fraction of sp³-hybridized carbons (Fsp3) is 0.133. The van der Waals surface area contributed by atoms with Gasteiger partial charge in [-0.25, -0.2) is 28.1 Å². The highest BCUT2D eigenvalue weighted by atomic mass is 32.1. The predicted molar refractivity (Wildman–Crippen MR) is 161 cm³/mol. The molecule has 0 aliphatic carbocycles. The van der Waals surface area contributed by atoms with Gasteiger partial charge in [0.15, 0.2) is 16.7 Å². The Labute approximate surface area is 249 Å². The van der Waals surface area contributed by atoms with Gasteiger partial charge in [-0.15, -0.1) is 0 Å². The monoisotopic (exact) mass is 608 g/mol. The number of ether oxygens (including phenoxy) is 2. The molecule has 5 rings (SSSR count). The number of benzene rings is 3. The van der Waals surface area contributed by atoms with Crippen LogP contribution in [0.5, 0.6) is 5.75 Å². The summed E-state index contributed by atoms with van der Waals surface area (Å²) in [4.78, 5) is 24.8. The largest absolute Gasteiger partial charge is 0.488 e. The number of hydrogen-bond acceptors (Lipinski definition) is 9. The number of nitrogens with two attached hydrogens (primary N) is 1. The normalized spacial score (nSPS) is 10.4. The average Bonchev–Trinajstić information content (AvgIpc) is 3.39. The van der Waals surface area contributed by atoms with E-state index in [4.69, 9.17) is 15.2 Å². The smallest absolute Gasteiger partial charge is 0.227 e. The number of aromatic nitrogens is 3. The number of thiazole rings is 1. The van der Waals surface area contributed by atoms with E-state index in [0.29, 0.717) is 46.5 Å². The molecule has 222 valence electrons. The van der Waals surface area contributed by atoms with Crippen LogP contribution in [0.1, 0.15) is 5.56 Å². The van der Waals surface area contributed by atoms with Crippen molar-refractivity contribution in [2.75, 3.05) is 36.7 Å². The number of nitrogens with one attached hydrogen (secondary N) is 2. The Morgan fingerprint density at radius 1 is 0.953 bits per heavy atom. The fourth-order valence-electron chi connectivity index (χ4n) is 3.74. The highest BCUT2D eigenvalue weighted by Crippen LogP contribution is 2.38. The molecule has 13 heteroatoms. The SMILES string of the molecule is COCCOc1ccc(Nc2nccc(-c3sc(N)nc3-c3cccc(NC=O)c3)n2)cc1F.Cc1cc(F)ccc1F. The predicted octanol–water partition coefficient (Wildman–Crippen LogP) is 6.60. The van der Waals surface area contributed by atoms with E-state index >= 15 is 0 Å². The number of aryl methyl sites for hydroxylation is 1. The Bertz CT molecular complexity index is 1700. The summed E-state index contributed by atoms with van der Waals surface area (Å²) in [6, 6.07) is 16.9. The van der Waals surface area contributed by atoms with E-state index in [1.165, 1.54) is 30.4 Å². The van der Waals surface area contributed by atoms with Crippen LogP contribution >= 0.6 is 11.3 Å². The highest BCUT2D eigenvalue weighted by molar-refractivity contribution is 7.19. The summed E-state index contributed by atoms with van der Waals surface area (Å²) in [6.45, 7) is 2.14. The third-order valence-electron chi connectivity index (χ3n) is 5.75. The Morgan fingerprint density at radius 2 is 1.79 bits per heavy atom. The zero-order chi connectivity index (χ0) is 30.8. The number of carbonyl (C=O) groups excluding carboxylic acids is 1. The molecule has 0 aliphatic heterocycles. The van der Waals surface area contributed by atoms with E-state index in [1.807, 2.05) is 12.1 Å². The lowest BCUT2D eigenvalue weighted by atomic mass is 10.1. The van der Waals surface area contributed by atoms with Gasteiger partial charge in [-0.3, -0.25) is 4.79 Å². The molecule has 0 saturated carbocycles. The first-order valence-corrected chi connectivity index (χ1v) is 13.6. The van der Waals surface area contributed by atoms with Crippen molar-refractivity contribution in [3.05, 3.63) is 95.9 Å². The third kappa shape index (κ3) is 8.50. The van der Waals surface area contributed by atoms with Crippen molar-refractivity contribution < 1.29 is 27.4 Å². The summed E-state index contributed by atoms with van der Waals surface area (Å²) in [5.41, 5.74) is 9.43. The minimum atomic E-state index is -0.515. The second kappa shape index (κ2) is 14.8. The maximum atomic E-state index is 14.4. The molecule has 43 heavy (non-hydrogen) atoms. The highest BCUT2D eigenvalue weighted by Gasteiger charge is 2.16. The van der Waals surface area contributed by atoms with Crippen LogP contribution in [-0.4, -0.2) is 41.7 Å². The third-order valence-corrected chi connectivity index (χ3v) is 6.65. The van der Waals surface area contributed by atoms with Crippen molar-refractivity contribution in [3.63, 3.8) is 0 Å². The van der Waals surface area contributed by atoms with Crippen molar-refractivity contribution in [3.8, 4) is 27.6 Å². The molecule has 5 aromatic rings. The number of methoxy groups -OCH3 is 1. The minimum absolute atomic E-state index is 0.133. The Kier molecular flexibility index (Phi) is 10.6. The van der Waals surface area contributed by atoms with Gasteiger partial charge < -0.3 is 25.8 Å². The number of anilines is 4. The van der Waals surface area contributed by atoms with Crippen LogP contribution < -0.4 is 21.1 Å². The lowest BCUT2D eigenvalue weighted by Crippen LogP contribution is -2.05. The molecule has 0 radical (unpaired) electrons. The van der Waals surface area contributed by atoms with E-state index in [-0.39, 0.29) is 24.1 Å². The zero-order valence-electron chi connectivity index (χ0n) is 23.1. The number of halogens is 3. The molecule has 0 atom stereocenters. The molecular weight excluding hydrogens is 581 g/mol. The van der Waals surface area contributed by atoms with Gasteiger partial charge in [-0.05, 0) is 61.0 Å². The molecule has 9 nitrogen and oxygen atoms in total. The molecule has 2 heterocycles. The summed E-state index contributed by atoms with van der Waals surface area (Å²) in [7, 11) is 1.55. The number of nitrogens with zero attached hydrogens (tertiary/aromatic N) is 3. The van der Waals surface area contributed by atoms with Crippen LogP contribution in [0.15, 0.2) is 72.9 Å². The number of rotatable bonds is 10. The van der Waals surface area contributed by atoms with Crippen LogP contribution in [-0.2, 0) is 9.53 Å². The summed E-state index contributed by atoms with van der Waals surface area (Å²) in [5, 5.41) is 6.00. The van der Waals surface area contributed by atoms with Crippen LogP contribution in [0.2, 0.25) is 0 Å². The Balaban J connectivity index is 0.000000403. The molecule has 0 fully saturated rings. The topological polar surface area (TPSA) is 124 Å². The van der Waals surface area contributed by atoms with Crippen molar-refractivity contribution >= 4 is 40.2 Å². The zero-order valence-corrected chi connectivity index (χ0v) is 23.9. The van der Waals surface area contributed by atoms with E-state index in [2.05, 4.69) is 25.6 Å². The quantitative estimate of drug-likeness (QED) is 0.120. The standard InChI is InChI=1S/C23H21FN6O3S.C7H6F2/c1-32-9-10-33-19-6-5-16(12-17(19)24)28-23-26-8-7-18(29-23)21-20(30-22(25)34-21)14-3-2-4-15(11-14)27-13-31;1-5-4-6(8)2-3-7(5)9/h2-8,11-13H,9-10H2,1H3,(H2,25,30)(H,27,31)(H,26,28,29);2-4H,1H3. The summed E-state index contributed by atoms with van der Waals surface area (Å²) >= 11 is 1.28. The second-order valence-corrected chi connectivity index (χ2v) is 9.87. The molecule has 0 saturated heterocycles. The molecular formula is C30H27F3N6O3S. The van der Waals surface area contributed by atoms with Gasteiger partial charge in [0.1, 0.15) is 18.2 Å². The first kappa shape index (κ1) is 30.9. The molecule has 0 unspecified atom stereocenters. The van der Waals surface area contributed by atoms with Crippen molar-refractivity contribution in [2.45, 2.75) is 6.92 Å². The summed E-state index contributed by atoms with van der Waals surface area (Å²) in [6.07, 6.45) is 2.20. The maximum absolute atomic E-state index is 14.4. The number of carbonyl (C=O) groups is 1. The van der Waals surface area contributed by atoms with Gasteiger partial charge in [0, 0.05) is 36.3 Å². The summed E-state index contributed by atoms with van der Waals surface area (Å²) < 4.78 is 49.1. The summed E-state index contributed by atoms with van der Waals surface area (Å²) in [5.74, 6) is -0.864. The van der Waals surface area contributed by atoms with Crippen molar-refractivity contribution in [2.24, 2.45) is 0 Å². The maximum Gasteiger partial charge on any atom is 0.227 e. The molecule has 4 N–H and O–H groups in total. The fourth-order valence-corrected chi connectivity index (χ4v) is 4.57. The van der Waals surface area contributed by atoms with E-state index < -0.39 is 11.6 Å². The number of nitrogen functional groups attached to an aromatic ring is 1. The Hall–Kier alpha value is -5.01. The molecule has 0 spiro atoms. The molecule has 2 aromatic heterocycles. The van der Waals surface area contributed by atoms with Gasteiger partial charge in [0.25, 0.3) is 0 Å². The van der Waals surface area contributed by atoms with Crippen LogP contribution in [0.3, 0.4) is 0 Å². The molecule has 0 aliphatic rings. The van der Waals surface area contributed by atoms with Gasteiger partial charge in [-0.2, -0.15) is 0 Å². The van der Waals surface area contributed by atoms with E-state index in [1.54, 1.807) is 37.6 Å². The minimum Gasteiger partial charge on any atom is -0.488 e. The van der Waals surface area contributed by atoms with Crippen LogP contribution in [0, 0.1) is 24.4 Å². The lowest BCUT2D eigenvalue weighted by Gasteiger charge is -2.10. The van der Waals surface area contributed by atoms with Gasteiger partial charge in [0.05, 0.1) is 22.9 Å². The van der Waals surface area contributed by atoms with Crippen molar-refractivity contribution in [1.29, 1.82) is 0 Å². The number of amides is 1. The van der Waals surface area contributed by atoms with E-state index in [9.17, 15) is 18.0 Å². The first-order chi connectivity index (χ1) is 20.8. The molecule has 1 amide bonds. The van der Waals surface area contributed by atoms with Crippen LogP contribution in [0.25, 0.3) is 21.8 Å². The van der Waals surface area contributed by atoms with Gasteiger partial charge in [0.2, 0.25) is 12.4 Å². The average molecular weight is 609 g/mol. The second-order valence-electron chi connectivity index (χ2n) is 8.84. The van der Waals surface area contributed by atoms with Gasteiger partial charge >= 0.3 is 0 Å². The molecule has 0 bridgehead atoms.